The summed E-state index contributed by atoms with van der Waals surface area (Å²) in [6.45, 7) is 4.20. The van der Waals surface area contributed by atoms with E-state index in [4.69, 9.17) is 11.1 Å². The molecule has 0 bridgehead atoms. The molecule has 1 heterocycles. The largest absolute Gasteiger partial charge is 0.398 e. The number of hydrogen-bond donors (Lipinski definition) is 3. The van der Waals surface area contributed by atoms with E-state index in [2.05, 4.69) is 49.7 Å². The molecule has 0 amide bonds. The number of nitrogens with zero attached hydrogens (tertiary/aromatic N) is 1. The molecular formula is C22H21N3S. The predicted molar refractivity (Wildman–Crippen MR) is 113 cm³/mol. The molecule has 3 nitrogen and oxygen atoms in total. The maximum Gasteiger partial charge on any atom is 0.0483 e. The van der Waals surface area contributed by atoms with E-state index < -0.39 is 0 Å². The van der Waals surface area contributed by atoms with Gasteiger partial charge in [-0.15, -0.1) is 12.6 Å². The van der Waals surface area contributed by atoms with E-state index in [9.17, 15) is 0 Å². The lowest BCUT2D eigenvalue weighted by Gasteiger charge is -2.13. The SMILES string of the molecule is Cc1c(S)ccc(-c2ccc(/C(C=N)=C(/N)c3ccncc3)cc2)c1C. The molecule has 2 aromatic carbocycles. The smallest absolute Gasteiger partial charge is 0.0483 e. The second kappa shape index (κ2) is 7.58. The molecular weight excluding hydrogens is 338 g/mol. The fraction of sp³-hybridized carbons (Fsp3) is 0.0909. The van der Waals surface area contributed by atoms with Gasteiger partial charge in [0.05, 0.1) is 0 Å². The monoisotopic (exact) mass is 359 g/mol. The standard InChI is InChI=1S/C22H21N3S/c1-14-15(2)21(26)8-7-19(14)16-3-5-17(6-4-16)20(13-23)22(24)18-9-11-25-12-10-18/h3-13,23,26H,24H2,1-2H3/b22-20+,23-13?. The highest BCUT2D eigenvalue weighted by molar-refractivity contribution is 7.80. The van der Waals surface area contributed by atoms with Gasteiger partial charge in [0.25, 0.3) is 0 Å². The van der Waals surface area contributed by atoms with Crippen molar-refractivity contribution in [2.75, 3.05) is 0 Å². The molecule has 3 rings (SSSR count). The second-order valence-corrected chi connectivity index (χ2v) is 6.65. The molecule has 0 spiro atoms. The Morgan fingerprint density at radius 3 is 2.19 bits per heavy atom. The zero-order valence-electron chi connectivity index (χ0n) is 14.8. The molecule has 0 atom stereocenters. The quantitative estimate of drug-likeness (QED) is 0.447. The molecule has 130 valence electrons. The first-order chi connectivity index (χ1) is 12.5. The van der Waals surface area contributed by atoms with Crippen molar-refractivity contribution >= 4 is 30.1 Å². The average Bonchev–Trinajstić information content (AvgIpc) is 2.68. The number of hydrogen-bond acceptors (Lipinski definition) is 4. The summed E-state index contributed by atoms with van der Waals surface area (Å²) in [5.41, 5.74) is 14.1. The van der Waals surface area contributed by atoms with Gasteiger partial charge in [-0.05, 0) is 59.9 Å². The Morgan fingerprint density at radius 1 is 0.923 bits per heavy atom. The third kappa shape index (κ3) is 3.41. The van der Waals surface area contributed by atoms with Gasteiger partial charge < -0.3 is 11.1 Å². The molecule has 0 aliphatic carbocycles. The van der Waals surface area contributed by atoms with Gasteiger partial charge >= 0.3 is 0 Å². The summed E-state index contributed by atoms with van der Waals surface area (Å²) in [7, 11) is 0. The molecule has 3 aromatic rings. The highest BCUT2D eigenvalue weighted by Crippen LogP contribution is 2.30. The summed E-state index contributed by atoms with van der Waals surface area (Å²) in [6, 6.07) is 16.0. The minimum absolute atomic E-state index is 0.571. The third-order valence-electron chi connectivity index (χ3n) is 4.69. The molecule has 0 saturated heterocycles. The van der Waals surface area contributed by atoms with Gasteiger partial charge in [-0.25, -0.2) is 0 Å². The van der Waals surface area contributed by atoms with Gasteiger partial charge in [-0.2, -0.15) is 0 Å². The van der Waals surface area contributed by atoms with Crippen LogP contribution in [0.2, 0.25) is 0 Å². The molecule has 4 heteroatoms. The average molecular weight is 359 g/mol. The van der Waals surface area contributed by atoms with Crippen molar-refractivity contribution in [1.82, 2.24) is 4.98 Å². The van der Waals surface area contributed by atoms with Crippen molar-refractivity contribution in [1.29, 1.82) is 5.41 Å². The summed E-state index contributed by atoms with van der Waals surface area (Å²) < 4.78 is 0. The number of thiol groups is 1. The lowest BCUT2D eigenvalue weighted by atomic mass is 9.94. The van der Waals surface area contributed by atoms with Gasteiger partial charge in [-0.1, -0.05) is 30.3 Å². The number of nitrogens with two attached hydrogens (primary N) is 1. The van der Waals surface area contributed by atoms with Gasteiger partial charge in [0.15, 0.2) is 0 Å². The Balaban J connectivity index is 2.02. The van der Waals surface area contributed by atoms with E-state index in [1.54, 1.807) is 12.4 Å². The Labute approximate surface area is 159 Å². The Bertz CT molecular complexity index is 974. The van der Waals surface area contributed by atoms with Crippen LogP contribution in [0, 0.1) is 19.3 Å². The van der Waals surface area contributed by atoms with Crippen LogP contribution >= 0.6 is 12.6 Å². The van der Waals surface area contributed by atoms with Crippen molar-refractivity contribution in [2.24, 2.45) is 5.73 Å². The van der Waals surface area contributed by atoms with Crippen molar-refractivity contribution < 1.29 is 0 Å². The highest BCUT2D eigenvalue weighted by atomic mass is 32.1. The first-order valence-corrected chi connectivity index (χ1v) is 8.78. The van der Waals surface area contributed by atoms with Crippen LogP contribution in [0.25, 0.3) is 22.4 Å². The van der Waals surface area contributed by atoms with Gasteiger partial charge in [0, 0.05) is 40.3 Å². The van der Waals surface area contributed by atoms with Crippen molar-refractivity contribution in [3.05, 3.63) is 83.2 Å². The molecule has 0 fully saturated rings. The lowest BCUT2D eigenvalue weighted by Crippen LogP contribution is -2.02. The Morgan fingerprint density at radius 2 is 1.58 bits per heavy atom. The molecule has 0 aliphatic heterocycles. The second-order valence-electron chi connectivity index (χ2n) is 6.17. The zero-order chi connectivity index (χ0) is 18.7. The maximum absolute atomic E-state index is 7.79. The normalized spacial score (nSPS) is 11.8. The van der Waals surface area contributed by atoms with Crippen LogP contribution in [0.1, 0.15) is 22.3 Å². The van der Waals surface area contributed by atoms with Crippen LogP contribution in [-0.2, 0) is 0 Å². The Kier molecular flexibility index (Phi) is 5.24. The Hall–Kier alpha value is -2.85. The molecule has 26 heavy (non-hydrogen) atoms. The predicted octanol–water partition coefficient (Wildman–Crippen LogP) is 5.13. The number of allylic oxidation sites excluding steroid dienone is 1. The summed E-state index contributed by atoms with van der Waals surface area (Å²) in [4.78, 5) is 5.01. The molecule has 0 saturated carbocycles. The van der Waals surface area contributed by atoms with Crippen molar-refractivity contribution in [2.45, 2.75) is 18.7 Å². The number of pyridine rings is 1. The van der Waals surface area contributed by atoms with E-state index in [0.29, 0.717) is 11.3 Å². The van der Waals surface area contributed by atoms with E-state index in [-0.39, 0.29) is 0 Å². The fourth-order valence-corrected chi connectivity index (χ4v) is 3.19. The van der Waals surface area contributed by atoms with E-state index >= 15 is 0 Å². The number of rotatable bonds is 4. The van der Waals surface area contributed by atoms with Gasteiger partial charge in [0.2, 0.25) is 0 Å². The summed E-state index contributed by atoms with van der Waals surface area (Å²) in [5.74, 6) is 0. The first kappa shape index (κ1) is 18.0. The van der Waals surface area contributed by atoms with Crippen molar-refractivity contribution in [3.8, 4) is 11.1 Å². The topological polar surface area (TPSA) is 62.8 Å². The summed E-state index contributed by atoms with van der Waals surface area (Å²) in [6.07, 6.45) is 4.70. The third-order valence-corrected chi connectivity index (χ3v) is 5.18. The summed E-state index contributed by atoms with van der Waals surface area (Å²) >= 11 is 4.49. The van der Waals surface area contributed by atoms with E-state index in [1.165, 1.54) is 22.9 Å². The lowest BCUT2D eigenvalue weighted by molar-refractivity contribution is 1.24. The number of nitrogens with one attached hydrogen (secondary N) is 1. The molecule has 0 unspecified atom stereocenters. The minimum Gasteiger partial charge on any atom is -0.398 e. The number of aromatic nitrogens is 1. The molecule has 0 aliphatic rings. The fourth-order valence-electron chi connectivity index (χ4n) is 2.95. The van der Waals surface area contributed by atoms with Crippen LogP contribution in [-0.4, -0.2) is 11.2 Å². The van der Waals surface area contributed by atoms with Gasteiger partial charge in [0.1, 0.15) is 0 Å². The van der Waals surface area contributed by atoms with E-state index in [0.717, 1.165) is 21.6 Å². The zero-order valence-corrected chi connectivity index (χ0v) is 15.7. The first-order valence-electron chi connectivity index (χ1n) is 8.33. The summed E-state index contributed by atoms with van der Waals surface area (Å²) in [5, 5.41) is 7.79. The maximum atomic E-state index is 7.79. The van der Waals surface area contributed by atoms with Crippen LogP contribution in [0.5, 0.6) is 0 Å². The molecule has 3 N–H and O–H groups in total. The van der Waals surface area contributed by atoms with Crippen molar-refractivity contribution in [3.63, 3.8) is 0 Å². The van der Waals surface area contributed by atoms with Crippen LogP contribution in [0.4, 0.5) is 0 Å². The highest BCUT2D eigenvalue weighted by Gasteiger charge is 2.09. The van der Waals surface area contributed by atoms with E-state index in [1.807, 2.05) is 30.3 Å². The van der Waals surface area contributed by atoms with Crippen LogP contribution < -0.4 is 5.73 Å². The number of benzene rings is 2. The van der Waals surface area contributed by atoms with Gasteiger partial charge in [-0.3, -0.25) is 4.98 Å². The molecule has 0 radical (unpaired) electrons. The van der Waals surface area contributed by atoms with Crippen LogP contribution in [0.15, 0.2) is 65.8 Å². The molecule has 1 aromatic heterocycles. The van der Waals surface area contributed by atoms with Crippen LogP contribution in [0.3, 0.4) is 0 Å². The minimum atomic E-state index is 0.571.